The highest BCUT2D eigenvalue weighted by Gasteiger charge is 2.15. The van der Waals surface area contributed by atoms with Crippen molar-refractivity contribution in [3.63, 3.8) is 0 Å². The summed E-state index contributed by atoms with van der Waals surface area (Å²) < 4.78 is 5.50. The summed E-state index contributed by atoms with van der Waals surface area (Å²) in [5, 5.41) is 2.57. The summed E-state index contributed by atoms with van der Waals surface area (Å²) in [6.45, 7) is 1.92. The van der Waals surface area contributed by atoms with E-state index in [1.807, 2.05) is 37.3 Å². The quantitative estimate of drug-likeness (QED) is 0.788. The number of carbonyl (C=O) groups is 1. The zero-order chi connectivity index (χ0) is 10.4. The molecule has 1 aromatic carbocycles. The summed E-state index contributed by atoms with van der Waals surface area (Å²) >= 11 is 0. The van der Waals surface area contributed by atoms with E-state index in [4.69, 9.17) is 4.74 Å². The molecule has 0 aliphatic heterocycles. The van der Waals surface area contributed by atoms with Gasteiger partial charge in [0, 0.05) is 7.05 Å². The van der Waals surface area contributed by atoms with Crippen molar-refractivity contribution in [3.05, 3.63) is 30.3 Å². The average molecular weight is 193 g/mol. The van der Waals surface area contributed by atoms with E-state index >= 15 is 0 Å². The van der Waals surface area contributed by atoms with Crippen LogP contribution in [0.3, 0.4) is 0 Å². The lowest BCUT2D eigenvalue weighted by Gasteiger charge is -2.15. The second kappa shape index (κ2) is 5.27. The molecule has 14 heavy (non-hydrogen) atoms. The maximum Gasteiger partial charge on any atom is 0.260 e. The lowest BCUT2D eigenvalue weighted by molar-refractivity contribution is -0.127. The van der Waals surface area contributed by atoms with Crippen LogP contribution in [0.25, 0.3) is 0 Å². The Hall–Kier alpha value is -1.51. The van der Waals surface area contributed by atoms with Gasteiger partial charge >= 0.3 is 0 Å². The maximum atomic E-state index is 11.3. The van der Waals surface area contributed by atoms with Crippen molar-refractivity contribution in [2.45, 2.75) is 19.4 Å². The molecule has 3 nitrogen and oxygen atoms in total. The highest BCUT2D eigenvalue weighted by atomic mass is 16.5. The van der Waals surface area contributed by atoms with E-state index in [1.165, 1.54) is 0 Å². The van der Waals surface area contributed by atoms with Gasteiger partial charge in [-0.25, -0.2) is 0 Å². The van der Waals surface area contributed by atoms with Gasteiger partial charge in [-0.05, 0) is 18.6 Å². The number of benzene rings is 1. The molecular weight excluding hydrogens is 178 g/mol. The molecule has 0 saturated carbocycles. The van der Waals surface area contributed by atoms with Gasteiger partial charge in [0.05, 0.1) is 0 Å². The van der Waals surface area contributed by atoms with Crippen LogP contribution in [0.15, 0.2) is 30.3 Å². The zero-order valence-electron chi connectivity index (χ0n) is 8.49. The van der Waals surface area contributed by atoms with E-state index in [0.29, 0.717) is 6.42 Å². The molecule has 0 bridgehead atoms. The van der Waals surface area contributed by atoms with Crippen LogP contribution in [0.5, 0.6) is 5.75 Å². The van der Waals surface area contributed by atoms with E-state index in [2.05, 4.69) is 5.32 Å². The number of hydrogen-bond donors (Lipinski definition) is 1. The molecule has 3 heteroatoms. The summed E-state index contributed by atoms with van der Waals surface area (Å²) in [6.07, 6.45) is 0.261. The summed E-state index contributed by atoms with van der Waals surface area (Å²) in [4.78, 5) is 11.3. The summed E-state index contributed by atoms with van der Waals surface area (Å²) in [7, 11) is 1.61. The van der Waals surface area contributed by atoms with Gasteiger partial charge in [0.25, 0.3) is 5.91 Å². The Labute approximate surface area is 84.1 Å². The second-order valence-electron chi connectivity index (χ2n) is 2.94. The van der Waals surface area contributed by atoms with Crippen LogP contribution in [-0.4, -0.2) is 19.1 Å². The van der Waals surface area contributed by atoms with Gasteiger partial charge in [-0.3, -0.25) is 4.79 Å². The molecule has 1 atom stereocenters. The van der Waals surface area contributed by atoms with Crippen LogP contribution in [0.1, 0.15) is 13.3 Å². The van der Waals surface area contributed by atoms with Crippen molar-refractivity contribution < 1.29 is 9.53 Å². The molecule has 0 spiro atoms. The van der Waals surface area contributed by atoms with Gasteiger partial charge in [-0.1, -0.05) is 25.1 Å². The Morgan fingerprint density at radius 1 is 1.43 bits per heavy atom. The highest BCUT2D eigenvalue weighted by Crippen LogP contribution is 2.12. The number of ether oxygens (including phenoxy) is 1. The molecule has 0 aromatic heterocycles. The standard InChI is InChI=1S/C11H15NO2/c1-3-10(11(13)12-2)14-9-7-5-4-6-8-9/h4-8,10H,3H2,1-2H3,(H,12,13). The average Bonchev–Trinajstić information content (AvgIpc) is 2.26. The smallest absolute Gasteiger partial charge is 0.260 e. The first-order chi connectivity index (χ1) is 6.77. The van der Waals surface area contributed by atoms with E-state index in [9.17, 15) is 4.79 Å². The molecule has 1 unspecified atom stereocenters. The van der Waals surface area contributed by atoms with Gasteiger partial charge in [0.1, 0.15) is 5.75 Å². The predicted molar refractivity (Wildman–Crippen MR) is 55.2 cm³/mol. The van der Waals surface area contributed by atoms with E-state index in [-0.39, 0.29) is 5.91 Å². The molecule has 0 heterocycles. The van der Waals surface area contributed by atoms with E-state index < -0.39 is 6.10 Å². The Kier molecular flexibility index (Phi) is 3.98. The van der Waals surface area contributed by atoms with E-state index in [1.54, 1.807) is 7.05 Å². The number of likely N-dealkylation sites (N-methyl/N-ethyl adjacent to an activating group) is 1. The molecule has 1 amide bonds. The maximum absolute atomic E-state index is 11.3. The fourth-order valence-electron chi connectivity index (χ4n) is 1.15. The first kappa shape index (κ1) is 10.6. The lowest BCUT2D eigenvalue weighted by atomic mass is 10.2. The first-order valence-electron chi connectivity index (χ1n) is 4.71. The normalized spacial score (nSPS) is 11.9. The van der Waals surface area contributed by atoms with Crippen LogP contribution in [-0.2, 0) is 4.79 Å². The van der Waals surface area contributed by atoms with Crippen LogP contribution >= 0.6 is 0 Å². The summed E-state index contributed by atoms with van der Waals surface area (Å²) in [5.41, 5.74) is 0. The largest absolute Gasteiger partial charge is 0.481 e. The van der Waals surface area contributed by atoms with Gasteiger partial charge in [-0.2, -0.15) is 0 Å². The van der Waals surface area contributed by atoms with Gasteiger partial charge in [-0.15, -0.1) is 0 Å². The van der Waals surface area contributed by atoms with Gasteiger partial charge in [0.15, 0.2) is 6.10 Å². The molecule has 0 radical (unpaired) electrons. The molecular formula is C11H15NO2. The number of carbonyl (C=O) groups excluding carboxylic acids is 1. The van der Waals surface area contributed by atoms with Crippen molar-refractivity contribution in [2.75, 3.05) is 7.05 Å². The number of para-hydroxylation sites is 1. The third-order valence-electron chi connectivity index (χ3n) is 1.93. The minimum Gasteiger partial charge on any atom is -0.481 e. The Morgan fingerprint density at radius 3 is 2.57 bits per heavy atom. The second-order valence-corrected chi connectivity index (χ2v) is 2.94. The highest BCUT2D eigenvalue weighted by molar-refractivity contribution is 5.80. The third kappa shape index (κ3) is 2.76. The van der Waals surface area contributed by atoms with Gasteiger partial charge < -0.3 is 10.1 Å². The minimum absolute atomic E-state index is 0.0867. The molecule has 0 fully saturated rings. The van der Waals surface area contributed by atoms with Crippen LogP contribution in [0.4, 0.5) is 0 Å². The number of rotatable bonds is 4. The monoisotopic (exact) mass is 193 g/mol. The molecule has 0 aliphatic rings. The molecule has 1 N–H and O–H groups in total. The predicted octanol–water partition coefficient (Wildman–Crippen LogP) is 1.59. The summed E-state index contributed by atoms with van der Waals surface area (Å²) in [6, 6.07) is 9.35. The minimum atomic E-state index is -0.401. The molecule has 1 rings (SSSR count). The fourth-order valence-corrected chi connectivity index (χ4v) is 1.15. The number of nitrogens with one attached hydrogen (secondary N) is 1. The van der Waals surface area contributed by atoms with Crippen LogP contribution < -0.4 is 10.1 Å². The molecule has 1 aromatic rings. The Bertz CT molecular complexity index is 285. The fraction of sp³-hybridized carbons (Fsp3) is 0.364. The molecule has 76 valence electrons. The number of hydrogen-bond acceptors (Lipinski definition) is 2. The van der Waals surface area contributed by atoms with Crippen LogP contribution in [0, 0.1) is 0 Å². The van der Waals surface area contributed by atoms with Crippen molar-refractivity contribution >= 4 is 5.91 Å². The van der Waals surface area contributed by atoms with Crippen molar-refractivity contribution in [1.29, 1.82) is 0 Å². The van der Waals surface area contributed by atoms with E-state index in [0.717, 1.165) is 5.75 Å². The molecule has 0 aliphatic carbocycles. The third-order valence-corrected chi connectivity index (χ3v) is 1.93. The first-order valence-corrected chi connectivity index (χ1v) is 4.71. The Morgan fingerprint density at radius 2 is 2.07 bits per heavy atom. The Balaban J connectivity index is 2.62. The number of amides is 1. The van der Waals surface area contributed by atoms with Crippen molar-refractivity contribution in [2.24, 2.45) is 0 Å². The van der Waals surface area contributed by atoms with Crippen LogP contribution in [0.2, 0.25) is 0 Å². The zero-order valence-corrected chi connectivity index (χ0v) is 8.49. The van der Waals surface area contributed by atoms with Crippen molar-refractivity contribution in [1.82, 2.24) is 5.32 Å². The lowest BCUT2D eigenvalue weighted by Crippen LogP contribution is -2.35. The summed E-state index contributed by atoms with van der Waals surface area (Å²) in [5.74, 6) is 0.638. The molecule has 0 saturated heterocycles. The van der Waals surface area contributed by atoms with Crippen molar-refractivity contribution in [3.8, 4) is 5.75 Å². The topological polar surface area (TPSA) is 38.3 Å². The SMILES string of the molecule is CCC(Oc1ccccc1)C(=O)NC. The van der Waals surface area contributed by atoms with Gasteiger partial charge in [0.2, 0.25) is 0 Å².